The van der Waals surface area contributed by atoms with Crippen molar-refractivity contribution in [3.63, 3.8) is 0 Å². The Bertz CT molecular complexity index is 860. The zero-order valence-corrected chi connectivity index (χ0v) is 17.2. The summed E-state index contributed by atoms with van der Waals surface area (Å²) in [5.41, 5.74) is 4.72. The number of rotatable bonds is 7. The van der Waals surface area contributed by atoms with E-state index in [4.69, 9.17) is 4.74 Å². The van der Waals surface area contributed by atoms with Crippen LogP contribution in [0.15, 0.2) is 30.3 Å². The second-order valence-electron chi connectivity index (χ2n) is 6.95. The molecule has 1 aliphatic rings. The Labute approximate surface area is 169 Å². The predicted molar refractivity (Wildman–Crippen MR) is 110 cm³/mol. The molecule has 1 aromatic carbocycles. The Morgan fingerprint density at radius 3 is 2.61 bits per heavy atom. The van der Waals surface area contributed by atoms with Gasteiger partial charge in [0.2, 0.25) is 0 Å². The highest BCUT2D eigenvalue weighted by molar-refractivity contribution is 8.01. The molecule has 2 N–H and O–H groups in total. The molecule has 0 aliphatic carbocycles. The molecular formula is C21H26N2O4S. The molecule has 1 saturated heterocycles. The van der Waals surface area contributed by atoms with Crippen LogP contribution in [0.3, 0.4) is 0 Å². The number of ether oxygens (including phenoxy) is 1. The van der Waals surface area contributed by atoms with E-state index in [2.05, 4.69) is 22.9 Å². The summed E-state index contributed by atoms with van der Waals surface area (Å²) in [6.07, 6.45) is 1.85. The largest absolute Gasteiger partial charge is 0.480 e. The average Bonchev–Trinajstić information content (AvgIpc) is 3.27. The number of nitrogens with zero attached hydrogens (tertiary/aromatic N) is 1. The van der Waals surface area contributed by atoms with Crippen LogP contribution in [-0.2, 0) is 9.53 Å². The normalized spacial score (nSPS) is 19.0. The minimum absolute atomic E-state index is 0.0335. The van der Waals surface area contributed by atoms with Crippen molar-refractivity contribution in [3.8, 4) is 5.69 Å². The number of nitrogens with one attached hydrogen (secondary N) is 1. The van der Waals surface area contributed by atoms with Crippen molar-refractivity contribution < 1.29 is 19.4 Å². The highest BCUT2D eigenvalue weighted by Gasteiger charge is 2.32. The maximum Gasteiger partial charge on any atom is 0.338 e. The Hall–Kier alpha value is -2.25. The summed E-state index contributed by atoms with van der Waals surface area (Å²) in [5, 5.41) is 12.1. The van der Waals surface area contributed by atoms with Gasteiger partial charge in [0.15, 0.2) is 0 Å². The van der Waals surface area contributed by atoms with Crippen molar-refractivity contribution in [2.45, 2.75) is 44.2 Å². The average molecular weight is 403 g/mol. The van der Waals surface area contributed by atoms with Crippen LogP contribution in [0.5, 0.6) is 0 Å². The van der Waals surface area contributed by atoms with Crippen molar-refractivity contribution in [1.29, 1.82) is 0 Å². The maximum atomic E-state index is 12.1. The number of thioether (sulfide) groups is 1. The summed E-state index contributed by atoms with van der Waals surface area (Å²) in [4.78, 5) is 23.3. The second kappa shape index (κ2) is 8.84. The fraction of sp³-hybridized carbons (Fsp3) is 0.429. The Morgan fingerprint density at radius 2 is 2.00 bits per heavy atom. The van der Waals surface area contributed by atoms with Gasteiger partial charge in [-0.3, -0.25) is 10.1 Å². The van der Waals surface area contributed by atoms with E-state index in [9.17, 15) is 14.7 Å². The minimum atomic E-state index is -0.782. The second-order valence-corrected chi connectivity index (χ2v) is 8.26. The van der Waals surface area contributed by atoms with E-state index < -0.39 is 11.2 Å². The van der Waals surface area contributed by atoms with Crippen molar-refractivity contribution in [3.05, 3.63) is 52.8 Å². The molecule has 0 unspecified atom stereocenters. The lowest BCUT2D eigenvalue weighted by atomic mass is 10.2. The summed E-state index contributed by atoms with van der Waals surface area (Å²) < 4.78 is 7.38. The molecule has 2 aromatic rings. The van der Waals surface area contributed by atoms with E-state index in [0.717, 1.165) is 35.5 Å². The van der Waals surface area contributed by atoms with Gasteiger partial charge in [0.25, 0.3) is 0 Å². The van der Waals surface area contributed by atoms with E-state index in [-0.39, 0.29) is 11.3 Å². The molecule has 1 aliphatic heterocycles. The van der Waals surface area contributed by atoms with E-state index >= 15 is 0 Å². The highest BCUT2D eigenvalue weighted by Crippen LogP contribution is 2.38. The third-order valence-electron chi connectivity index (χ3n) is 4.91. The van der Waals surface area contributed by atoms with E-state index in [1.54, 1.807) is 12.1 Å². The maximum absolute atomic E-state index is 12.1. The molecule has 150 valence electrons. The van der Waals surface area contributed by atoms with Crippen molar-refractivity contribution in [2.75, 3.05) is 13.2 Å². The first-order chi connectivity index (χ1) is 13.4. The van der Waals surface area contributed by atoms with Crippen molar-refractivity contribution in [2.24, 2.45) is 0 Å². The number of carbonyl (C=O) groups excluding carboxylic acids is 1. The van der Waals surface area contributed by atoms with Gasteiger partial charge in [0.05, 0.1) is 17.5 Å². The molecule has 0 saturated carbocycles. The van der Waals surface area contributed by atoms with Gasteiger partial charge < -0.3 is 14.4 Å². The van der Waals surface area contributed by atoms with Crippen LogP contribution in [0.2, 0.25) is 0 Å². The van der Waals surface area contributed by atoms with Crippen LogP contribution < -0.4 is 5.32 Å². The standard InChI is InChI=1S/C21H26N2O4S/c1-4-5-10-27-21(26)15-6-8-16(9-7-15)23-13(2)11-17(14(23)3)19-22-12-18(28-19)20(24)25/h6-9,11,18-19,22H,4-5,10,12H2,1-3H3,(H,24,25)/t18-,19+/m1/s1. The van der Waals surface area contributed by atoms with Crippen LogP contribution in [0, 0.1) is 13.8 Å². The number of esters is 1. The monoisotopic (exact) mass is 402 g/mol. The van der Waals surface area contributed by atoms with E-state index in [0.29, 0.717) is 18.7 Å². The quantitative estimate of drug-likeness (QED) is 0.541. The molecule has 0 bridgehead atoms. The van der Waals surface area contributed by atoms with Crippen LogP contribution in [0.1, 0.15) is 52.4 Å². The van der Waals surface area contributed by atoms with Gasteiger partial charge in [-0.1, -0.05) is 13.3 Å². The van der Waals surface area contributed by atoms with Crippen molar-refractivity contribution in [1.82, 2.24) is 9.88 Å². The number of aryl methyl sites for hydroxylation is 1. The fourth-order valence-electron chi connectivity index (χ4n) is 3.39. The molecule has 6 nitrogen and oxygen atoms in total. The van der Waals surface area contributed by atoms with Gasteiger partial charge in [-0.2, -0.15) is 0 Å². The number of benzene rings is 1. The van der Waals surface area contributed by atoms with Crippen LogP contribution >= 0.6 is 11.8 Å². The number of hydrogen-bond acceptors (Lipinski definition) is 5. The summed E-state index contributed by atoms with van der Waals surface area (Å²) in [7, 11) is 0. The van der Waals surface area contributed by atoms with Gasteiger partial charge in [-0.05, 0) is 50.6 Å². The minimum Gasteiger partial charge on any atom is -0.480 e. The lowest BCUT2D eigenvalue weighted by Gasteiger charge is -2.13. The highest BCUT2D eigenvalue weighted by atomic mass is 32.2. The smallest absolute Gasteiger partial charge is 0.338 e. The third-order valence-corrected chi connectivity index (χ3v) is 6.30. The molecule has 1 aromatic heterocycles. The summed E-state index contributed by atoms with van der Waals surface area (Å²) in [6.45, 7) is 7.02. The molecule has 0 amide bonds. The van der Waals surface area contributed by atoms with Crippen molar-refractivity contribution >= 4 is 23.7 Å². The molecule has 3 rings (SSSR count). The predicted octanol–water partition coefficient (Wildman–Crippen LogP) is 3.84. The first-order valence-electron chi connectivity index (χ1n) is 9.50. The number of aliphatic carboxylic acids is 1. The molecule has 0 spiro atoms. The first-order valence-corrected chi connectivity index (χ1v) is 10.4. The number of unbranched alkanes of at least 4 members (excludes halogenated alkanes) is 1. The van der Waals surface area contributed by atoms with Gasteiger partial charge in [-0.15, -0.1) is 11.8 Å². The van der Waals surface area contributed by atoms with Gasteiger partial charge in [0, 0.05) is 29.2 Å². The topological polar surface area (TPSA) is 80.6 Å². The summed E-state index contributed by atoms with van der Waals surface area (Å²) in [5.74, 6) is -1.08. The Morgan fingerprint density at radius 1 is 1.29 bits per heavy atom. The lowest BCUT2D eigenvalue weighted by molar-refractivity contribution is -0.136. The first kappa shape index (κ1) is 20.5. The molecule has 7 heteroatoms. The van der Waals surface area contributed by atoms with E-state index in [1.807, 2.05) is 26.0 Å². The van der Waals surface area contributed by atoms with Gasteiger partial charge in [0.1, 0.15) is 5.25 Å². The molecule has 2 atom stereocenters. The van der Waals surface area contributed by atoms with Crippen LogP contribution in [0.25, 0.3) is 5.69 Å². The summed E-state index contributed by atoms with van der Waals surface area (Å²) >= 11 is 1.43. The zero-order chi connectivity index (χ0) is 20.3. The van der Waals surface area contributed by atoms with Gasteiger partial charge in [-0.25, -0.2) is 4.79 Å². The lowest BCUT2D eigenvalue weighted by Crippen LogP contribution is -2.21. The number of carboxylic acid groups (broad SMARTS) is 1. The number of hydrogen-bond donors (Lipinski definition) is 2. The number of carboxylic acids is 1. The molecule has 1 fully saturated rings. The van der Waals surface area contributed by atoms with Crippen LogP contribution in [-0.4, -0.2) is 40.0 Å². The molecular weight excluding hydrogens is 376 g/mol. The summed E-state index contributed by atoms with van der Waals surface area (Å²) in [6, 6.07) is 9.48. The van der Waals surface area contributed by atoms with E-state index in [1.165, 1.54) is 11.8 Å². The number of carbonyl (C=O) groups is 2. The molecule has 2 heterocycles. The SMILES string of the molecule is CCCCOC(=O)c1ccc(-n2c(C)cc([C@H]3NC[C@H](C(=O)O)S3)c2C)cc1. The zero-order valence-electron chi connectivity index (χ0n) is 16.4. The van der Waals surface area contributed by atoms with Crippen LogP contribution in [0.4, 0.5) is 0 Å². The molecule has 28 heavy (non-hydrogen) atoms. The fourth-order valence-corrected chi connectivity index (χ4v) is 4.61. The Kier molecular flexibility index (Phi) is 6.46. The number of aromatic nitrogens is 1. The molecule has 0 radical (unpaired) electrons. The Balaban J connectivity index is 1.78. The third kappa shape index (κ3) is 4.25. The van der Waals surface area contributed by atoms with Gasteiger partial charge >= 0.3 is 11.9 Å².